The normalized spacial score (nSPS) is 12.1. The summed E-state index contributed by atoms with van der Waals surface area (Å²) in [7, 11) is 1.89. The van der Waals surface area contributed by atoms with Crippen molar-refractivity contribution in [3.8, 4) is 10.7 Å². The molecule has 0 aliphatic carbocycles. The van der Waals surface area contributed by atoms with Crippen molar-refractivity contribution in [1.82, 2.24) is 20.1 Å². The predicted molar refractivity (Wildman–Crippen MR) is 97.9 cm³/mol. The average molecular weight is 376 g/mol. The molecule has 0 radical (unpaired) electrons. The summed E-state index contributed by atoms with van der Waals surface area (Å²) in [5, 5.41) is 13.6. The molecule has 130 valence electrons. The highest BCUT2D eigenvalue weighted by Gasteiger charge is 2.19. The number of hydrogen-bond donors (Lipinski definition) is 1. The molecule has 2 aromatic heterocycles. The highest BCUT2D eigenvalue weighted by Crippen LogP contribution is 2.27. The summed E-state index contributed by atoms with van der Waals surface area (Å²) in [4.78, 5) is 13.3. The molecule has 0 fully saturated rings. The Kier molecular flexibility index (Phi) is 5.50. The minimum Gasteiger partial charge on any atom is -0.351 e. The van der Waals surface area contributed by atoms with E-state index >= 15 is 0 Å². The number of aromatic nitrogens is 3. The molecule has 0 saturated heterocycles. The van der Waals surface area contributed by atoms with Gasteiger partial charge in [-0.3, -0.25) is 4.79 Å². The van der Waals surface area contributed by atoms with Crippen LogP contribution in [0.2, 0.25) is 0 Å². The van der Waals surface area contributed by atoms with Gasteiger partial charge in [-0.05, 0) is 36.1 Å². The van der Waals surface area contributed by atoms with Crippen LogP contribution in [0.25, 0.3) is 10.7 Å². The van der Waals surface area contributed by atoms with E-state index in [0.717, 1.165) is 16.3 Å². The standard InChI is InChI=1S/C17H17FN4OS2/c1-11(16(23)19-10-12-5-7-13(18)8-6-12)25-17-21-20-15(22(17)2)14-4-3-9-24-14/h3-9,11H,10H2,1-2H3,(H,19,23). The van der Waals surface area contributed by atoms with E-state index < -0.39 is 0 Å². The highest BCUT2D eigenvalue weighted by molar-refractivity contribution is 8.00. The first kappa shape index (κ1) is 17.6. The van der Waals surface area contributed by atoms with Gasteiger partial charge < -0.3 is 9.88 Å². The minimum absolute atomic E-state index is 0.102. The van der Waals surface area contributed by atoms with Gasteiger partial charge in [-0.25, -0.2) is 4.39 Å². The maximum Gasteiger partial charge on any atom is 0.233 e. The lowest BCUT2D eigenvalue weighted by Crippen LogP contribution is -2.30. The molecule has 25 heavy (non-hydrogen) atoms. The number of benzene rings is 1. The summed E-state index contributed by atoms with van der Waals surface area (Å²) >= 11 is 2.95. The van der Waals surface area contributed by atoms with E-state index in [-0.39, 0.29) is 17.0 Å². The monoisotopic (exact) mass is 376 g/mol. The lowest BCUT2D eigenvalue weighted by atomic mass is 10.2. The molecular formula is C17H17FN4OS2. The van der Waals surface area contributed by atoms with Crippen LogP contribution in [0.3, 0.4) is 0 Å². The average Bonchev–Trinajstić information content (AvgIpc) is 3.24. The Balaban J connectivity index is 1.59. The zero-order valence-electron chi connectivity index (χ0n) is 13.8. The van der Waals surface area contributed by atoms with Gasteiger partial charge in [-0.2, -0.15) is 0 Å². The van der Waals surface area contributed by atoms with E-state index in [0.29, 0.717) is 11.7 Å². The van der Waals surface area contributed by atoms with Crippen molar-refractivity contribution in [2.45, 2.75) is 23.9 Å². The number of thiophene rings is 1. The van der Waals surface area contributed by atoms with Crippen molar-refractivity contribution < 1.29 is 9.18 Å². The number of halogens is 1. The largest absolute Gasteiger partial charge is 0.351 e. The van der Waals surface area contributed by atoms with Crippen molar-refractivity contribution in [3.63, 3.8) is 0 Å². The van der Waals surface area contributed by atoms with Crippen molar-refractivity contribution >= 4 is 29.0 Å². The van der Waals surface area contributed by atoms with E-state index in [4.69, 9.17) is 0 Å². The number of thioether (sulfide) groups is 1. The molecule has 0 aliphatic rings. The van der Waals surface area contributed by atoms with E-state index in [1.54, 1.807) is 23.5 Å². The molecule has 1 atom stereocenters. The van der Waals surface area contributed by atoms with Crippen LogP contribution < -0.4 is 5.32 Å². The fraction of sp³-hybridized carbons (Fsp3) is 0.235. The van der Waals surface area contributed by atoms with Crippen LogP contribution in [-0.2, 0) is 18.4 Å². The van der Waals surface area contributed by atoms with Crippen LogP contribution in [0.15, 0.2) is 46.9 Å². The second-order valence-electron chi connectivity index (χ2n) is 5.45. The maximum absolute atomic E-state index is 12.9. The van der Waals surface area contributed by atoms with Gasteiger partial charge in [0.2, 0.25) is 5.91 Å². The van der Waals surface area contributed by atoms with E-state index in [2.05, 4.69) is 15.5 Å². The molecule has 0 spiro atoms. The van der Waals surface area contributed by atoms with Gasteiger partial charge in [0, 0.05) is 13.6 Å². The zero-order chi connectivity index (χ0) is 17.8. The molecule has 1 aromatic carbocycles. The van der Waals surface area contributed by atoms with Gasteiger partial charge in [0.25, 0.3) is 0 Å². The van der Waals surface area contributed by atoms with E-state index in [1.165, 1.54) is 23.9 Å². The molecule has 0 aliphatic heterocycles. The Hall–Kier alpha value is -2.19. The third-order valence-electron chi connectivity index (χ3n) is 3.61. The van der Waals surface area contributed by atoms with Crippen LogP contribution in [0.1, 0.15) is 12.5 Å². The Morgan fingerprint density at radius 3 is 2.76 bits per heavy atom. The Labute approximate surface area is 153 Å². The number of rotatable bonds is 6. The number of carbonyl (C=O) groups excluding carboxylic acids is 1. The third kappa shape index (κ3) is 4.26. The van der Waals surface area contributed by atoms with Crippen LogP contribution in [0.5, 0.6) is 0 Å². The first-order valence-electron chi connectivity index (χ1n) is 7.66. The van der Waals surface area contributed by atoms with E-state index in [9.17, 15) is 9.18 Å². The molecule has 2 heterocycles. The smallest absolute Gasteiger partial charge is 0.233 e. The van der Waals surface area contributed by atoms with Gasteiger partial charge >= 0.3 is 0 Å². The summed E-state index contributed by atoms with van der Waals surface area (Å²) in [6.07, 6.45) is 0. The van der Waals surface area contributed by atoms with Crippen LogP contribution >= 0.6 is 23.1 Å². The SMILES string of the molecule is CC(Sc1nnc(-c2cccs2)n1C)C(=O)NCc1ccc(F)cc1. The third-order valence-corrected chi connectivity index (χ3v) is 5.61. The first-order valence-corrected chi connectivity index (χ1v) is 9.42. The van der Waals surface area contributed by atoms with Gasteiger partial charge in [0.1, 0.15) is 5.82 Å². The molecule has 0 bridgehead atoms. The quantitative estimate of drug-likeness (QED) is 0.669. The number of amides is 1. The topological polar surface area (TPSA) is 59.8 Å². The van der Waals surface area contributed by atoms with Gasteiger partial charge in [-0.15, -0.1) is 21.5 Å². The van der Waals surface area contributed by atoms with Crippen molar-refractivity contribution in [2.24, 2.45) is 7.05 Å². The van der Waals surface area contributed by atoms with Crippen molar-refractivity contribution in [3.05, 3.63) is 53.2 Å². The Morgan fingerprint density at radius 2 is 2.08 bits per heavy atom. The van der Waals surface area contributed by atoms with Crippen LogP contribution in [0, 0.1) is 5.82 Å². The molecule has 0 saturated carbocycles. The molecule has 5 nitrogen and oxygen atoms in total. The fourth-order valence-corrected chi connectivity index (χ4v) is 3.77. The maximum atomic E-state index is 12.9. The van der Waals surface area contributed by atoms with E-state index in [1.807, 2.05) is 36.1 Å². The fourth-order valence-electron chi connectivity index (χ4n) is 2.18. The zero-order valence-corrected chi connectivity index (χ0v) is 15.4. The second-order valence-corrected chi connectivity index (χ2v) is 7.70. The molecule has 3 rings (SSSR count). The number of nitrogens with zero attached hydrogens (tertiary/aromatic N) is 3. The number of carbonyl (C=O) groups is 1. The summed E-state index contributed by atoms with van der Waals surface area (Å²) in [6.45, 7) is 2.19. The molecule has 1 N–H and O–H groups in total. The molecule has 3 aromatic rings. The molecule has 1 unspecified atom stereocenters. The lowest BCUT2D eigenvalue weighted by Gasteiger charge is -2.11. The van der Waals surface area contributed by atoms with Gasteiger partial charge in [0.15, 0.2) is 11.0 Å². The first-order chi connectivity index (χ1) is 12.0. The van der Waals surface area contributed by atoms with Crippen LogP contribution in [-0.4, -0.2) is 25.9 Å². The Bertz CT molecular complexity index is 846. The predicted octanol–water partition coefficient (Wildman–Crippen LogP) is 3.48. The molecule has 8 heteroatoms. The second kappa shape index (κ2) is 7.79. The molecular weight excluding hydrogens is 359 g/mol. The van der Waals surface area contributed by atoms with Crippen LogP contribution in [0.4, 0.5) is 4.39 Å². The van der Waals surface area contributed by atoms with Gasteiger partial charge in [-0.1, -0.05) is 30.0 Å². The minimum atomic E-state index is -0.320. The summed E-state index contributed by atoms with van der Waals surface area (Å²) in [5.74, 6) is 0.397. The van der Waals surface area contributed by atoms with Crippen molar-refractivity contribution in [1.29, 1.82) is 0 Å². The summed E-state index contributed by atoms with van der Waals surface area (Å²) in [5.41, 5.74) is 0.852. The number of nitrogens with one attached hydrogen (secondary N) is 1. The summed E-state index contributed by atoms with van der Waals surface area (Å²) < 4.78 is 14.8. The lowest BCUT2D eigenvalue weighted by molar-refractivity contribution is -0.120. The van der Waals surface area contributed by atoms with Crippen molar-refractivity contribution in [2.75, 3.05) is 0 Å². The van der Waals surface area contributed by atoms with Gasteiger partial charge in [0.05, 0.1) is 10.1 Å². The molecule has 1 amide bonds. The highest BCUT2D eigenvalue weighted by atomic mass is 32.2. The Morgan fingerprint density at radius 1 is 1.32 bits per heavy atom. The summed E-state index contributed by atoms with van der Waals surface area (Å²) in [6, 6.07) is 10.0. The number of hydrogen-bond acceptors (Lipinski definition) is 5.